The number of rotatable bonds is 10. The fourth-order valence-electron chi connectivity index (χ4n) is 4.56. The van der Waals surface area contributed by atoms with Gasteiger partial charge in [0.05, 0.1) is 30.0 Å². The van der Waals surface area contributed by atoms with Crippen molar-refractivity contribution in [3.8, 4) is 11.5 Å². The van der Waals surface area contributed by atoms with Gasteiger partial charge in [-0.1, -0.05) is 56.8 Å². The van der Waals surface area contributed by atoms with Crippen LogP contribution < -0.4 is 14.9 Å². The molecule has 0 saturated heterocycles. The zero-order valence-corrected chi connectivity index (χ0v) is 20.1. The summed E-state index contributed by atoms with van der Waals surface area (Å²) in [4.78, 5) is 31.1. The Hall–Kier alpha value is -3.15. The van der Waals surface area contributed by atoms with Gasteiger partial charge in [0.15, 0.2) is 11.6 Å². The Bertz CT molecular complexity index is 1220. The molecule has 3 aromatic rings. The highest BCUT2D eigenvalue weighted by molar-refractivity contribution is 6.39. The fraction of sp³-hybridized carbons (Fsp3) is 0.393. The number of unbranched alkanes of at least 4 members (excludes halogenated alkanes) is 1. The standard InChI is InChI=1S/C28H30BNO4/c1-4-7-9-17(5-2)16-34-18-14-21(29)19-12-13-22(30-23(19)15-18)26-27(31)20-10-8-11-24(33-6-3)25(20)28(26)32/h8,10-15,17,26H,4-7,9,16H2,1-3H3. The van der Waals surface area contributed by atoms with Crippen LogP contribution in [0.1, 0.15) is 78.8 Å². The van der Waals surface area contributed by atoms with Crippen LogP contribution in [0.15, 0.2) is 42.5 Å². The second-order valence-electron chi connectivity index (χ2n) is 8.82. The van der Waals surface area contributed by atoms with Crippen LogP contribution in [0.4, 0.5) is 0 Å². The Morgan fingerprint density at radius 1 is 1.03 bits per heavy atom. The molecule has 0 spiro atoms. The Labute approximate surface area is 202 Å². The number of Topliss-reactive ketones (excluding diaryl/α,β-unsaturated/α-hetero) is 2. The van der Waals surface area contributed by atoms with Crippen molar-refractivity contribution in [2.24, 2.45) is 5.92 Å². The summed E-state index contributed by atoms with van der Waals surface area (Å²) in [5.41, 5.74) is 2.30. The Balaban J connectivity index is 1.64. The van der Waals surface area contributed by atoms with Gasteiger partial charge in [-0.25, -0.2) is 0 Å². The Morgan fingerprint density at radius 2 is 1.85 bits per heavy atom. The van der Waals surface area contributed by atoms with Gasteiger partial charge in [0, 0.05) is 11.6 Å². The monoisotopic (exact) mass is 455 g/mol. The molecular weight excluding hydrogens is 425 g/mol. The molecule has 0 bridgehead atoms. The number of fused-ring (bicyclic) bond motifs is 2. The van der Waals surface area contributed by atoms with Crippen LogP contribution in [-0.4, -0.2) is 37.6 Å². The van der Waals surface area contributed by atoms with Crippen molar-refractivity contribution < 1.29 is 19.1 Å². The van der Waals surface area contributed by atoms with Gasteiger partial charge in [-0.15, -0.1) is 0 Å². The molecule has 1 heterocycles. The van der Waals surface area contributed by atoms with Crippen LogP contribution in [0, 0.1) is 5.92 Å². The minimum Gasteiger partial charge on any atom is -0.493 e. The molecular formula is C28H30BNO4. The number of benzene rings is 2. The van der Waals surface area contributed by atoms with E-state index in [-0.39, 0.29) is 11.6 Å². The fourth-order valence-corrected chi connectivity index (χ4v) is 4.56. The first-order valence-corrected chi connectivity index (χ1v) is 12.2. The Morgan fingerprint density at radius 3 is 2.59 bits per heavy atom. The zero-order valence-electron chi connectivity index (χ0n) is 20.1. The molecule has 5 nitrogen and oxygen atoms in total. The third-order valence-electron chi connectivity index (χ3n) is 6.52. The second kappa shape index (κ2) is 10.4. The predicted octanol–water partition coefficient (Wildman–Crippen LogP) is 5.19. The number of pyridine rings is 1. The van der Waals surface area contributed by atoms with Crippen molar-refractivity contribution in [2.75, 3.05) is 13.2 Å². The topological polar surface area (TPSA) is 65.5 Å². The molecule has 1 aliphatic carbocycles. The highest BCUT2D eigenvalue weighted by Gasteiger charge is 2.42. The van der Waals surface area contributed by atoms with E-state index in [1.807, 2.05) is 25.1 Å². The van der Waals surface area contributed by atoms with Crippen molar-refractivity contribution in [3.63, 3.8) is 0 Å². The van der Waals surface area contributed by atoms with E-state index < -0.39 is 5.92 Å². The molecule has 0 amide bonds. The maximum Gasteiger partial charge on any atom is 0.184 e. The first-order chi connectivity index (χ1) is 16.5. The first kappa shape index (κ1) is 24.0. The third-order valence-corrected chi connectivity index (χ3v) is 6.52. The SMILES string of the molecule is [B]c1cc(OCC(CC)CCCC)cc2nc(C3C(=O)c4cccc(OCC)c4C3=O)ccc12. The van der Waals surface area contributed by atoms with Crippen LogP contribution >= 0.6 is 0 Å². The molecule has 0 aliphatic heterocycles. The highest BCUT2D eigenvalue weighted by atomic mass is 16.5. The molecule has 1 aliphatic rings. The summed E-state index contributed by atoms with van der Waals surface area (Å²) >= 11 is 0. The molecule has 2 radical (unpaired) electrons. The van der Waals surface area contributed by atoms with Crippen LogP contribution in [0.5, 0.6) is 11.5 Å². The van der Waals surface area contributed by atoms with Gasteiger partial charge in [0.2, 0.25) is 0 Å². The van der Waals surface area contributed by atoms with Gasteiger partial charge < -0.3 is 9.47 Å². The van der Waals surface area contributed by atoms with E-state index in [4.69, 9.17) is 22.3 Å². The van der Waals surface area contributed by atoms with Gasteiger partial charge >= 0.3 is 0 Å². The van der Waals surface area contributed by atoms with Crippen molar-refractivity contribution in [3.05, 3.63) is 59.3 Å². The molecule has 0 fully saturated rings. The molecule has 0 N–H and O–H groups in total. The minimum absolute atomic E-state index is 0.254. The number of hydrogen-bond acceptors (Lipinski definition) is 5. The van der Waals surface area contributed by atoms with E-state index in [0.29, 0.717) is 58.4 Å². The van der Waals surface area contributed by atoms with E-state index in [1.165, 1.54) is 12.8 Å². The summed E-state index contributed by atoms with van der Waals surface area (Å²) in [7, 11) is 6.29. The van der Waals surface area contributed by atoms with Crippen LogP contribution in [-0.2, 0) is 0 Å². The number of ether oxygens (including phenoxy) is 2. The Kier molecular flexibility index (Phi) is 7.35. The van der Waals surface area contributed by atoms with Gasteiger partial charge in [0.25, 0.3) is 0 Å². The van der Waals surface area contributed by atoms with E-state index in [2.05, 4.69) is 13.8 Å². The van der Waals surface area contributed by atoms with Crippen LogP contribution in [0.25, 0.3) is 10.9 Å². The van der Waals surface area contributed by atoms with Crippen molar-refractivity contribution in [2.45, 2.75) is 52.4 Å². The average Bonchev–Trinajstić information content (AvgIpc) is 3.09. The van der Waals surface area contributed by atoms with Crippen molar-refractivity contribution in [1.82, 2.24) is 4.98 Å². The minimum atomic E-state index is -0.981. The zero-order chi connectivity index (χ0) is 24.2. The number of nitrogens with zero attached hydrogens (tertiary/aromatic N) is 1. The quantitative estimate of drug-likeness (QED) is 0.311. The summed E-state index contributed by atoms with van der Waals surface area (Å²) in [5.74, 6) is 0.0625. The lowest BCUT2D eigenvalue weighted by Crippen LogP contribution is -2.16. The van der Waals surface area contributed by atoms with Gasteiger partial charge in [-0.3, -0.25) is 14.6 Å². The first-order valence-electron chi connectivity index (χ1n) is 12.2. The van der Waals surface area contributed by atoms with E-state index >= 15 is 0 Å². The van der Waals surface area contributed by atoms with Gasteiger partial charge in [0.1, 0.15) is 25.3 Å². The number of carbonyl (C=O) groups is 2. The van der Waals surface area contributed by atoms with Crippen LogP contribution in [0.2, 0.25) is 0 Å². The van der Waals surface area contributed by atoms with E-state index in [0.717, 1.165) is 18.2 Å². The lowest BCUT2D eigenvalue weighted by Gasteiger charge is -2.17. The number of carbonyl (C=O) groups excluding carboxylic acids is 2. The number of hydrogen-bond donors (Lipinski definition) is 0. The maximum atomic E-state index is 13.3. The summed E-state index contributed by atoms with van der Waals surface area (Å²) in [6.45, 7) is 7.25. The summed E-state index contributed by atoms with van der Waals surface area (Å²) in [6.07, 6.45) is 4.54. The summed E-state index contributed by atoms with van der Waals surface area (Å²) in [6, 6.07) is 12.3. The van der Waals surface area contributed by atoms with E-state index in [9.17, 15) is 9.59 Å². The van der Waals surface area contributed by atoms with E-state index in [1.54, 1.807) is 24.3 Å². The largest absolute Gasteiger partial charge is 0.493 e. The predicted molar refractivity (Wildman–Crippen MR) is 135 cm³/mol. The summed E-state index contributed by atoms with van der Waals surface area (Å²) in [5, 5.41) is 0.763. The van der Waals surface area contributed by atoms with Crippen LogP contribution in [0.3, 0.4) is 0 Å². The molecule has 2 aromatic carbocycles. The lowest BCUT2D eigenvalue weighted by molar-refractivity contribution is 0.0887. The maximum absolute atomic E-state index is 13.3. The third kappa shape index (κ3) is 4.59. The molecule has 6 heteroatoms. The van der Waals surface area contributed by atoms with Crippen molar-refractivity contribution >= 4 is 35.8 Å². The normalized spacial score (nSPS) is 16.0. The summed E-state index contributed by atoms with van der Waals surface area (Å²) < 4.78 is 11.7. The molecule has 0 saturated carbocycles. The average molecular weight is 455 g/mol. The van der Waals surface area contributed by atoms with Gasteiger partial charge in [-0.05, 0) is 42.8 Å². The molecule has 2 atom stereocenters. The number of aromatic nitrogens is 1. The highest BCUT2D eigenvalue weighted by Crippen LogP contribution is 2.38. The second-order valence-corrected chi connectivity index (χ2v) is 8.82. The number of ketones is 2. The lowest BCUT2D eigenvalue weighted by atomic mass is 9.90. The van der Waals surface area contributed by atoms with Crippen molar-refractivity contribution in [1.29, 1.82) is 0 Å². The molecule has 1 aromatic heterocycles. The molecule has 2 unspecified atom stereocenters. The molecule has 174 valence electrons. The molecule has 4 rings (SSSR count). The molecule has 34 heavy (non-hydrogen) atoms. The van der Waals surface area contributed by atoms with Gasteiger partial charge in [-0.2, -0.15) is 0 Å². The smallest absolute Gasteiger partial charge is 0.184 e.